The fourth-order valence-corrected chi connectivity index (χ4v) is 8.33. The van der Waals surface area contributed by atoms with Crippen LogP contribution >= 0.6 is 11.3 Å². The molecule has 0 N–H and O–H groups in total. The van der Waals surface area contributed by atoms with Crippen LogP contribution in [0.25, 0.3) is 53.8 Å². The fraction of sp³-hybridized carbons (Fsp3) is 0.333. The Balaban J connectivity index is 0.00000532. The van der Waals surface area contributed by atoms with Gasteiger partial charge in [0.15, 0.2) is 0 Å². The normalized spacial score (nSPS) is 12.6. The number of hydrogen-bond acceptors (Lipinski definition) is 4. The predicted octanol–water partition coefficient (Wildman–Crippen LogP) is 14.7. The van der Waals surface area contributed by atoms with E-state index in [4.69, 9.17) is 14.7 Å². The van der Waals surface area contributed by atoms with E-state index >= 15 is 0 Å². The Morgan fingerprint density at radius 3 is 1.93 bits per heavy atom. The Bertz CT molecular complexity index is 2570. The van der Waals surface area contributed by atoms with Crippen LogP contribution in [0.4, 0.5) is 0 Å². The number of fused-ring (bicyclic) bond motifs is 2. The molecule has 290 valence electrons. The monoisotopic (exact) mass is 937 g/mol. The van der Waals surface area contributed by atoms with Crippen molar-refractivity contribution in [2.75, 3.05) is 0 Å². The molecule has 3 aromatic heterocycles. The SMILES string of the molecule is Cc1cc(C(C)(C)C)ccc1-c1cc2cc(Oc3cc(C(C)(C)C)cc(-c4[c-]ccc(C(C)(C)C)c4)n3)nc(-c3[c-]c4ccccc4c(C(C)(C)C)c3)c2s1.[Pt+2]. The summed E-state index contributed by atoms with van der Waals surface area (Å²) < 4.78 is 7.89. The molecule has 7 rings (SSSR count). The van der Waals surface area contributed by atoms with Gasteiger partial charge in [0.05, 0.1) is 0 Å². The van der Waals surface area contributed by atoms with E-state index in [2.05, 4.69) is 187 Å². The van der Waals surface area contributed by atoms with E-state index in [1.807, 2.05) is 6.07 Å². The van der Waals surface area contributed by atoms with Gasteiger partial charge in [-0.1, -0.05) is 136 Å². The van der Waals surface area contributed by atoms with Gasteiger partial charge in [-0.3, -0.25) is 9.97 Å². The van der Waals surface area contributed by atoms with Gasteiger partial charge in [0, 0.05) is 27.4 Å². The minimum absolute atomic E-state index is 0. The molecule has 0 saturated carbocycles. The maximum atomic E-state index is 6.78. The van der Waals surface area contributed by atoms with E-state index in [9.17, 15) is 0 Å². The van der Waals surface area contributed by atoms with E-state index in [1.54, 1.807) is 11.3 Å². The zero-order valence-corrected chi connectivity index (χ0v) is 38.3. The topological polar surface area (TPSA) is 35.0 Å². The summed E-state index contributed by atoms with van der Waals surface area (Å²) in [6.45, 7) is 29.2. The molecule has 0 radical (unpaired) electrons. The molecule has 3 heterocycles. The molecule has 0 atom stereocenters. The summed E-state index contributed by atoms with van der Waals surface area (Å²) in [7, 11) is 0. The van der Waals surface area contributed by atoms with Gasteiger partial charge in [0.2, 0.25) is 11.8 Å². The van der Waals surface area contributed by atoms with Crippen LogP contribution in [-0.2, 0) is 42.7 Å². The summed E-state index contributed by atoms with van der Waals surface area (Å²) in [6, 6.07) is 39.9. The largest absolute Gasteiger partial charge is 2.00 e. The first-order chi connectivity index (χ1) is 25.6. The standard InChI is InChI=1S/C51H54N2OS.Pt/c1-31-23-37(49(5,6)7)21-22-39(31)43-27-35-28-44(53-46(47(35)55-43)34-24-32-17-14-15-20-40(32)41(26-34)51(11,12)13)54-45-30-38(50(8,9)10)29-42(52-45)33-18-16-19-36(25-33)48(2,3)4;/h14-17,19-23,25-30H,1-13H3;/q-2;+2. The van der Waals surface area contributed by atoms with Crippen LogP contribution in [0.15, 0.2) is 91.0 Å². The number of pyridine rings is 2. The van der Waals surface area contributed by atoms with Crippen molar-refractivity contribution < 1.29 is 25.8 Å². The molecule has 7 aromatic rings. The van der Waals surface area contributed by atoms with Crippen LogP contribution in [0.3, 0.4) is 0 Å². The van der Waals surface area contributed by atoms with Crippen LogP contribution in [0.2, 0.25) is 0 Å². The van der Waals surface area contributed by atoms with Crippen LogP contribution in [0.5, 0.6) is 11.8 Å². The first kappa shape index (κ1) is 41.5. The Morgan fingerprint density at radius 2 is 1.27 bits per heavy atom. The third kappa shape index (κ3) is 8.58. The van der Waals surface area contributed by atoms with E-state index < -0.39 is 0 Å². The summed E-state index contributed by atoms with van der Waals surface area (Å²) in [5.74, 6) is 1.01. The number of nitrogens with zero attached hydrogens (tertiary/aromatic N) is 2. The Kier molecular flexibility index (Phi) is 11.1. The second-order valence-electron chi connectivity index (χ2n) is 19.2. The van der Waals surface area contributed by atoms with Gasteiger partial charge < -0.3 is 4.74 Å². The van der Waals surface area contributed by atoms with Crippen LogP contribution in [0.1, 0.15) is 111 Å². The van der Waals surface area contributed by atoms with Crippen molar-refractivity contribution in [3.05, 3.63) is 131 Å². The molecule has 0 spiro atoms. The first-order valence-corrected chi connectivity index (χ1v) is 20.2. The molecule has 0 fully saturated rings. The van der Waals surface area contributed by atoms with Crippen molar-refractivity contribution in [2.45, 2.75) is 112 Å². The number of aromatic nitrogens is 2. The van der Waals surface area contributed by atoms with E-state index in [-0.39, 0.29) is 42.7 Å². The number of rotatable bonds is 5. The number of ether oxygens (including phenoxy) is 1. The number of benzene rings is 4. The van der Waals surface area contributed by atoms with Crippen molar-refractivity contribution in [3.8, 4) is 44.7 Å². The van der Waals surface area contributed by atoms with Crippen molar-refractivity contribution in [2.24, 2.45) is 0 Å². The maximum Gasteiger partial charge on any atom is 2.00 e. The van der Waals surface area contributed by atoms with Crippen molar-refractivity contribution in [3.63, 3.8) is 0 Å². The molecule has 0 saturated heterocycles. The van der Waals surface area contributed by atoms with Crippen LogP contribution in [-0.4, -0.2) is 9.97 Å². The summed E-state index contributed by atoms with van der Waals surface area (Å²) in [4.78, 5) is 11.6. The molecule has 0 unspecified atom stereocenters. The summed E-state index contributed by atoms with van der Waals surface area (Å²) in [6.07, 6.45) is 0. The van der Waals surface area contributed by atoms with E-state index in [1.165, 1.54) is 38.1 Å². The van der Waals surface area contributed by atoms with Gasteiger partial charge in [-0.2, -0.15) is 0 Å². The zero-order chi connectivity index (χ0) is 39.7. The second kappa shape index (κ2) is 15.0. The summed E-state index contributed by atoms with van der Waals surface area (Å²) in [5.41, 5.74) is 10.9. The van der Waals surface area contributed by atoms with Gasteiger partial charge in [-0.05, 0) is 68.0 Å². The van der Waals surface area contributed by atoms with Gasteiger partial charge in [0.1, 0.15) is 0 Å². The molecule has 4 aromatic carbocycles. The van der Waals surface area contributed by atoms with Crippen LogP contribution < -0.4 is 4.74 Å². The average molecular weight is 938 g/mol. The Morgan fingerprint density at radius 1 is 0.607 bits per heavy atom. The van der Waals surface area contributed by atoms with Crippen molar-refractivity contribution in [1.29, 1.82) is 0 Å². The molecule has 5 heteroatoms. The number of thiophene rings is 1. The number of hydrogen-bond donors (Lipinski definition) is 0. The maximum absolute atomic E-state index is 6.78. The van der Waals surface area contributed by atoms with Gasteiger partial charge >= 0.3 is 21.1 Å². The second-order valence-corrected chi connectivity index (χ2v) is 20.2. The minimum Gasteiger partial charge on any atom is -0.422 e. The smallest absolute Gasteiger partial charge is 0.422 e. The molecular formula is C51H54N2OPtS. The summed E-state index contributed by atoms with van der Waals surface area (Å²) in [5, 5.41) is 3.37. The third-order valence-electron chi connectivity index (χ3n) is 10.5. The molecule has 0 aliphatic rings. The molecule has 0 amide bonds. The molecule has 0 aliphatic heterocycles. The zero-order valence-electron chi connectivity index (χ0n) is 35.2. The summed E-state index contributed by atoms with van der Waals surface area (Å²) >= 11 is 1.78. The Hall–Kier alpha value is -4.11. The van der Waals surface area contributed by atoms with Crippen molar-refractivity contribution >= 4 is 32.2 Å². The van der Waals surface area contributed by atoms with Gasteiger partial charge in [0.25, 0.3) is 0 Å². The van der Waals surface area contributed by atoms with Gasteiger partial charge in [-0.25, -0.2) is 0 Å². The van der Waals surface area contributed by atoms with E-state index in [0.717, 1.165) is 43.6 Å². The quantitative estimate of drug-likeness (QED) is 0.161. The molecule has 3 nitrogen and oxygen atoms in total. The average Bonchev–Trinajstić information content (AvgIpc) is 3.53. The Labute approximate surface area is 353 Å². The van der Waals surface area contributed by atoms with E-state index in [0.29, 0.717) is 11.8 Å². The van der Waals surface area contributed by atoms with Crippen LogP contribution in [0, 0.1) is 19.1 Å². The van der Waals surface area contributed by atoms with Crippen molar-refractivity contribution in [1.82, 2.24) is 9.97 Å². The fourth-order valence-electron chi connectivity index (χ4n) is 7.09. The molecular weight excluding hydrogens is 884 g/mol. The molecule has 56 heavy (non-hydrogen) atoms. The first-order valence-electron chi connectivity index (χ1n) is 19.4. The number of aryl methyl sites for hydroxylation is 1. The predicted molar refractivity (Wildman–Crippen MR) is 235 cm³/mol. The van der Waals surface area contributed by atoms with Gasteiger partial charge in [-0.15, -0.1) is 75.9 Å². The minimum atomic E-state index is -0.133. The molecule has 0 bridgehead atoms. The molecule has 0 aliphatic carbocycles. The third-order valence-corrected chi connectivity index (χ3v) is 11.7.